The molecule has 2 aromatic rings. The van der Waals surface area contributed by atoms with Gasteiger partial charge in [0.15, 0.2) is 0 Å². The Morgan fingerprint density at radius 2 is 2.30 bits per heavy atom. The highest BCUT2D eigenvalue weighted by atomic mass is 15.3. The number of allylic oxidation sites excluding steroid dienone is 1. The molecule has 2 aromatic heterocycles. The van der Waals surface area contributed by atoms with E-state index in [2.05, 4.69) is 44.9 Å². The summed E-state index contributed by atoms with van der Waals surface area (Å²) in [5, 5.41) is 15.9. The SMILES string of the molecule is C=CCn1cc(CNCCc2nncn2CC)c(C)n1. The van der Waals surface area contributed by atoms with Crippen LogP contribution in [0, 0.1) is 6.92 Å². The molecular weight excluding hydrogens is 252 g/mol. The van der Waals surface area contributed by atoms with E-state index in [1.54, 1.807) is 6.33 Å². The molecule has 0 spiro atoms. The lowest BCUT2D eigenvalue weighted by molar-refractivity contribution is 0.631. The van der Waals surface area contributed by atoms with Crippen molar-refractivity contribution in [3.8, 4) is 0 Å². The van der Waals surface area contributed by atoms with Crippen LogP contribution in [0.1, 0.15) is 24.0 Å². The van der Waals surface area contributed by atoms with Crippen molar-refractivity contribution in [1.82, 2.24) is 29.9 Å². The minimum Gasteiger partial charge on any atom is -0.318 e. The molecule has 2 heterocycles. The van der Waals surface area contributed by atoms with Crippen molar-refractivity contribution in [2.45, 2.75) is 39.9 Å². The maximum atomic E-state index is 4.44. The molecule has 0 aliphatic carbocycles. The molecule has 0 bridgehead atoms. The van der Waals surface area contributed by atoms with Crippen molar-refractivity contribution >= 4 is 0 Å². The van der Waals surface area contributed by atoms with Crippen LogP contribution >= 0.6 is 0 Å². The quantitative estimate of drug-likeness (QED) is 0.582. The Bertz CT molecular complexity index is 554. The predicted octanol–water partition coefficient (Wildman–Crippen LogP) is 1.32. The van der Waals surface area contributed by atoms with Crippen molar-refractivity contribution in [3.63, 3.8) is 0 Å². The lowest BCUT2D eigenvalue weighted by Gasteiger charge is -2.05. The lowest BCUT2D eigenvalue weighted by atomic mass is 10.2. The van der Waals surface area contributed by atoms with E-state index in [0.29, 0.717) is 0 Å². The van der Waals surface area contributed by atoms with Crippen molar-refractivity contribution < 1.29 is 0 Å². The first-order chi connectivity index (χ1) is 9.74. The summed E-state index contributed by atoms with van der Waals surface area (Å²) in [6.07, 6.45) is 6.58. The van der Waals surface area contributed by atoms with E-state index in [0.717, 1.165) is 44.1 Å². The summed E-state index contributed by atoms with van der Waals surface area (Å²) < 4.78 is 3.97. The zero-order valence-corrected chi connectivity index (χ0v) is 12.2. The van der Waals surface area contributed by atoms with E-state index in [-0.39, 0.29) is 0 Å². The first kappa shape index (κ1) is 14.5. The van der Waals surface area contributed by atoms with E-state index in [9.17, 15) is 0 Å². The molecule has 0 saturated carbocycles. The average molecular weight is 274 g/mol. The number of hydrogen-bond acceptors (Lipinski definition) is 4. The fourth-order valence-corrected chi connectivity index (χ4v) is 2.12. The van der Waals surface area contributed by atoms with E-state index in [1.165, 1.54) is 5.56 Å². The van der Waals surface area contributed by atoms with Gasteiger partial charge in [-0.15, -0.1) is 16.8 Å². The van der Waals surface area contributed by atoms with E-state index >= 15 is 0 Å². The average Bonchev–Trinajstić information content (AvgIpc) is 3.02. The molecule has 1 N–H and O–H groups in total. The van der Waals surface area contributed by atoms with Gasteiger partial charge in [0.1, 0.15) is 12.2 Å². The lowest BCUT2D eigenvalue weighted by Crippen LogP contribution is -2.18. The number of aromatic nitrogens is 5. The standard InChI is InChI=1S/C14H22N6/c1-4-8-20-10-13(12(3)18-20)9-15-7-6-14-17-16-11-19(14)5-2/h4,10-11,15H,1,5-9H2,2-3H3. The molecule has 6 heteroatoms. The minimum atomic E-state index is 0.750. The minimum absolute atomic E-state index is 0.750. The maximum absolute atomic E-state index is 4.44. The van der Waals surface area contributed by atoms with Crippen molar-refractivity contribution in [1.29, 1.82) is 0 Å². The second-order valence-corrected chi connectivity index (χ2v) is 4.71. The fourth-order valence-electron chi connectivity index (χ4n) is 2.12. The highest BCUT2D eigenvalue weighted by molar-refractivity contribution is 5.15. The van der Waals surface area contributed by atoms with Gasteiger partial charge in [-0.2, -0.15) is 5.10 Å². The van der Waals surface area contributed by atoms with Crippen LogP contribution in [0.25, 0.3) is 0 Å². The second-order valence-electron chi connectivity index (χ2n) is 4.71. The van der Waals surface area contributed by atoms with Gasteiger partial charge >= 0.3 is 0 Å². The van der Waals surface area contributed by atoms with Crippen molar-refractivity contribution in [2.24, 2.45) is 0 Å². The highest BCUT2D eigenvalue weighted by Gasteiger charge is 2.05. The molecule has 2 rings (SSSR count). The molecule has 0 unspecified atom stereocenters. The molecule has 0 aliphatic rings. The number of aryl methyl sites for hydroxylation is 2. The smallest absolute Gasteiger partial charge is 0.134 e. The van der Waals surface area contributed by atoms with E-state index in [4.69, 9.17) is 0 Å². The number of nitrogens with one attached hydrogen (secondary N) is 1. The Morgan fingerprint density at radius 3 is 3.05 bits per heavy atom. The van der Waals surface area contributed by atoms with E-state index < -0.39 is 0 Å². The van der Waals surface area contributed by atoms with Crippen LogP contribution in [0.15, 0.2) is 25.2 Å². The number of hydrogen-bond donors (Lipinski definition) is 1. The third-order valence-corrected chi connectivity index (χ3v) is 3.24. The van der Waals surface area contributed by atoms with Gasteiger partial charge in [-0.1, -0.05) is 6.08 Å². The van der Waals surface area contributed by atoms with Crippen LogP contribution in [0.4, 0.5) is 0 Å². The Morgan fingerprint density at radius 1 is 1.45 bits per heavy atom. The first-order valence-corrected chi connectivity index (χ1v) is 6.95. The van der Waals surface area contributed by atoms with Crippen LogP contribution in [-0.2, 0) is 26.1 Å². The Hall–Kier alpha value is -1.95. The van der Waals surface area contributed by atoms with Crippen LogP contribution in [0.3, 0.4) is 0 Å². The topological polar surface area (TPSA) is 60.6 Å². The summed E-state index contributed by atoms with van der Waals surface area (Å²) in [7, 11) is 0. The summed E-state index contributed by atoms with van der Waals surface area (Å²) in [5.74, 6) is 1.03. The van der Waals surface area contributed by atoms with Gasteiger partial charge in [0.25, 0.3) is 0 Å². The highest BCUT2D eigenvalue weighted by Crippen LogP contribution is 2.05. The zero-order valence-electron chi connectivity index (χ0n) is 12.2. The summed E-state index contributed by atoms with van der Waals surface area (Å²) in [6.45, 7) is 11.2. The van der Waals surface area contributed by atoms with Gasteiger partial charge in [-0.3, -0.25) is 4.68 Å². The molecule has 0 aromatic carbocycles. The van der Waals surface area contributed by atoms with Gasteiger partial charge in [0.2, 0.25) is 0 Å². The molecule has 108 valence electrons. The normalized spacial score (nSPS) is 10.9. The molecule has 0 aliphatic heterocycles. The molecule has 0 radical (unpaired) electrons. The Kier molecular flexibility index (Phi) is 5.06. The molecule has 0 amide bonds. The zero-order chi connectivity index (χ0) is 14.4. The summed E-state index contributed by atoms with van der Waals surface area (Å²) in [5.41, 5.74) is 2.29. The number of nitrogens with zero attached hydrogens (tertiary/aromatic N) is 5. The monoisotopic (exact) mass is 274 g/mol. The van der Waals surface area contributed by atoms with Crippen LogP contribution in [-0.4, -0.2) is 31.1 Å². The first-order valence-electron chi connectivity index (χ1n) is 6.95. The summed E-state index contributed by atoms with van der Waals surface area (Å²) in [4.78, 5) is 0. The molecule has 6 nitrogen and oxygen atoms in total. The maximum Gasteiger partial charge on any atom is 0.134 e. The van der Waals surface area contributed by atoms with Crippen molar-refractivity contribution in [2.75, 3.05) is 6.54 Å². The van der Waals surface area contributed by atoms with Crippen molar-refractivity contribution in [3.05, 3.63) is 42.3 Å². The van der Waals surface area contributed by atoms with Crippen LogP contribution < -0.4 is 5.32 Å². The van der Waals surface area contributed by atoms with Gasteiger partial charge < -0.3 is 9.88 Å². The molecule has 0 fully saturated rings. The molecule has 20 heavy (non-hydrogen) atoms. The van der Waals surface area contributed by atoms with Crippen LogP contribution in [0.5, 0.6) is 0 Å². The predicted molar refractivity (Wildman–Crippen MR) is 78.3 cm³/mol. The van der Waals surface area contributed by atoms with Crippen LogP contribution in [0.2, 0.25) is 0 Å². The number of rotatable bonds is 8. The second kappa shape index (κ2) is 7.00. The molecule has 0 atom stereocenters. The Balaban J connectivity index is 1.80. The third kappa shape index (κ3) is 3.54. The Labute approximate surface area is 119 Å². The third-order valence-electron chi connectivity index (χ3n) is 3.24. The summed E-state index contributed by atoms with van der Waals surface area (Å²) in [6, 6.07) is 0. The van der Waals surface area contributed by atoms with Gasteiger partial charge in [-0.05, 0) is 13.8 Å². The van der Waals surface area contributed by atoms with Gasteiger partial charge in [0, 0.05) is 37.8 Å². The van der Waals surface area contributed by atoms with Gasteiger partial charge in [0.05, 0.1) is 12.2 Å². The molecular formula is C14H22N6. The van der Waals surface area contributed by atoms with Gasteiger partial charge in [-0.25, -0.2) is 0 Å². The summed E-state index contributed by atoms with van der Waals surface area (Å²) >= 11 is 0. The molecule has 0 saturated heterocycles. The van der Waals surface area contributed by atoms with E-state index in [1.807, 2.05) is 17.7 Å². The fraction of sp³-hybridized carbons (Fsp3) is 0.500. The largest absolute Gasteiger partial charge is 0.318 e.